The van der Waals surface area contributed by atoms with Crippen molar-refractivity contribution in [2.75, 3.05) is 24.7 Å². The molecule has 0 saturated carbocycles. The van der Waals surface area contributed by atoms with E-state index in [1.807, 2.05) is 65.2 Å². The zero-order chi connectivity index (χ0) is 32.7. The molecular formula is C38H43Cl2NO3SSi. The summed E-state index contributed by atoms with van der Waals surface area (Å²) in [5, 5.41) is 3.78. The van der Waals surface area contributed by atoms with E-state index in [0.717, 1.165) is 29.1 Å². The molecule has 242 valence electrons. The Bertz CT molecular complexity index is 1530. The van der Waals surface area contributed by atoms with Crippen molar-refractivity contribution < 1.29 is 14.0 Å². The number of thioether (sulfide) groups is 1. The van der Waals surface area contributed by atoms with E-state index in [0.29, 0.717) is 16.7 Å². The van der Waals surface area contributed by atoms with Gasteiger partial charge in [-0.05, 0) is 57.2 Å². The van der Waals surface area contributed by atoms with Crippen LogP contribution in [0.4, 0.5) is 0 Å². The van der Waals surface area contributed by atoms with Crippen LogP contribution in [0.15, 0.2) is 109 Å². The third-order valence-electron chi connectivity index (χ3n) is 8.79. The summed E-state index contributed by atoms with van der Waals surface area (Å²) in [6.45, 7) is 9.71. The molecule has 5 rings (SSSR count). The lowest BCUT2D eigenvalue weighted by Crippen LogP contribution is -2.66. The number of morpholine rings is 1. The zero-order valence-electron chi connectivity index (χ0n) is 27.0. The van der Waals surface area contributed by atoms with Crippen molar-refractivity contribution in [3.63, 3.8) is 0 Å². The number of carbonyl (C=O) groups is 1. The first-order valence-electron chi connectivity index (χ1n) is 15.9. The van der Waals surface area contributed by atoms with Crippen LogP contribution in [0.5, 0.6) is 0 Å². The molecular weight excluding hydrogens is 649 g/mol. The van der Waals surface area contributed by atoms with Gasteiger partial charge in [-0.15, -0.1) is 0 Å². The lowest BCUT2D eigenvalue weighted by atomic mass is 9.91. The molecule has 1 saturated heterocycles. The van der Waals surface area contributed by atoms with E-state index in [9.17, 15) is 4.79 Å². The van der Waals surface area contributed by atoms with E-state index in [2.05, 4.69) is 88.4 Å². The van der Waals surface area contributed by atoms with Crippen LogP contribution >= 0.6 is 35.0 Å². The van der Waals surface area contributed by atoms with E-state index in [1.54, 1.807) is 0 Å². The predicted molar refractivity (Wildman–Crippen MR) is 196 cm³/mol. The van der Waals surface area contributed by atoms with Gasteiger partial charge in [-0.3, -0.25) is 4.79 Å². The van der Waals surface area contributed by atoms with Gasteiger partial charge >= 0.3 is 0 Å². The summed E-state index contributed by atoms with van der Waals surface area (Å²) >= 11 is 14.5. The van der Waals surface area contributed by atoms with Gasteiger partial charge in [0.25, 0.3) is 8.32 Å². The van der Waals surface area contributed by atoms with Gasteiger partial charge < -0.3 is 14.1 Å². The number of ether oxygens (including phenoxy) is 1. The van der Waals surface area contributed by atoms with E-state index >= 15 is 0 Å². The van der Waals surface area contributed by atoms with Gasteiger partial charge in [-0.25, -0.2) is 0 Å². The second-order valence-electron chi connectivity index (χ2n) is 12.7. The molecule has 0 spiro atoms. The van der Waals surface area contributed by atoms with E-state index in [-0.39, 0.29) is 35.7 Å². The monoisotopic (exact) mass is 691 g/mol. The van der Waals surface area contributed by atoms with Gasteiger partial charge in [-0.1, -0.05) is 136 Å². The standard InChI is InChI=1S/C38H43Cl2NO3SSi/c1-5-32(27-45-24-23-44-46(38(2,3)4,33-15-8-6-9-16-33)34-17-10-7-11-18-34)41-35(42)26-43-37(29-13-12-14-31(40)25-29)36(41)28-19-21-30(39)22-20-28/h6-22,25,32,36-37H,5,23-24,26-27H2,1-4H3/t32-,36+,37+/m0/s1. The van der Waals surface area contributed by atoms with E-state index < -0.39 is 8.32 Å². The van der Waals surface area contributed by atoms with Crippen molar-refractivity contribution >= 4 is 59.6 Å². The third-order valence-corrected chi connectivity index (χ3v) is 15.4. The molecule has 1 heterocycles. The minimum Gasteiger partial charge on any atom is -0.407 e. The molecule has 3 atom stereocenters. The summed E-state index contributed by atoms with van der Waals surface area (Å²) in [5.41, 5.74) is 1.94. The Morgan fingerprint density at radius 3 is 2.07 bits per heavy atom. The van der Waals surface area contributed by atoms with Gasteiger partial charge in [0.15, 0.2) is 0 Å². The summed E-state index contributed by atoms with van der Waals surface area (Å²) in [7, 11) is -2.61. The number of hydrogen-bond acceptors (Lipinski definition) is 4. The number of hydrogen-bond donors (Lipinski definition) is 0. The molecule has 1 amide bonds. The van der Waals surface area contributed by atoms with Crippen LogP contribution in [-0.4, -0.2) is 49.9 Å². The number of benzene rings is 4. The highest BCUT2D eigenvalue weighted by Crippen LogP contribution is 2.43. The highest BCUT2D eigenvalue weighted by molar-refractivity contribution is 7.99. The summed E-state index contributed by atoms with van der Waals surface area (Å²) in [5.74, 6) is 1.61. The molecule has 1 aliphatic rings. The van der Waals surface area contributed by atoms with Gasteiger partial charge in [-0.2, -0.15) is 11.8 Å². The highest BCUT2D eigenvalue weighted by atomic mass is 35.5. The quantitative estimate of drug-likeness (QED) is 0.110. The topological polar surface area (TPSA) is 38.8 Å². The molecule has 4 aromatic carbocycles. The van der Waals surface area contributed by atoms with Crippen LogP contribution in [0, 0.1) is 0 Å². The van der Waals surface area contributed by atoms with Crippen LogP contribution in [-0.2, 0) is 14.0 Å². The number of rotatable bonds is 12. The SMILES string of the molecule is CC[C@@H](CSCCO[Si](c1ccccc1)(c1ccccc1)C(C)(C)C)N1C(=O)CO[C@H](c2cccc(Cl)c2)[C@H]1c1ccc(Cl)cc1. The number of carbonyl (C=O) groups excluding carboxylic acids is 1. The normalized spacial score (nSPS) is 18.0. The van der Waals surface area contributed by atoms with Gasteiger partial charge in [0.05, 0.1) is 6.04 Å². The van der Waals surface area contributed by atoms with Gasteiger partial charge in [0.1, 0.15) is 12.7 Å². The third kappa shape index (κ3) is 7.59. The van der Waals surface area contributed by atoms with Crippen LogP contribution < -0.4 is 10.4 Å². The second kappa shape index (κ2) is 15.5. The van der Waals surface area contributed by atoms with Crippen LogP contribution in [0.1, 0.15) is 57.4 Å². The minimum absolute atomic E-state index is 0.00533. The van der Waals surface area contributed by atoms with Crippen molar-refractivity contribution in [3.8, 4) is 0 Å². The first kappa shape index (κ1) is 34.7. The van der Waals surface area contributed by atoms with Crippen LogP contribution in [0.3, 0.4) is 0 Å². The number of nitrogens with zero attached hydrogens (tertiary/aromatic N) is 1. The Morgan fingerprint density at radius 1 is 0.870 bits per heavy atom. The molecule has 46 heavy (non-hydrogen) atoms. The highest BCUT2D eigenvalue weighted by Gasteiger charge is 2.50. The average Bonchev–Trinajstić information content (AvgIpc) is 3.05. The van der Waals surface area contributed by atoms with Crippen molar-refractivity contribution in [1.29, 1.82) is 0 Å². The van der Waals surface area contributed by atoms with E-state index in [1.165, 1.54) is 10.4 Å². The summed E-state index contributed by atoms with van der Waals surface area (Å²) < 4.78 is 13.4. The largest absolute Gasteiger partial charge is 0.407 e. The summed E-state index contributed by atoms with van der Waals surface area (Å²) in [6, 6.07) is 36.7. The maximum atomic E-state index is 13.7. The molecule has 0 unspecified atom stereocenters. The summed E-state index contributed by atoms with van der Waals surface area (Å²) in [4.78, 5) is 15.7. The molecule has 1 aliphatic heterocycles. The minimum atomic E-state index is -2.61. The molecule has 0 radical (unpaired) electrons. The van der Waals surface area contributed by atoms with Crippen molar-refractivity contribution in [2.45, 2.75) is 57.3 Å². The Kier molecular flexibility index (Phi) is 11.7. The second-order valence-corrected chi connectivity index (χ2v) is 19.1. The summed E-state index contributed by atoms with van der Waals surface area (Å²) in [6.07, 6.45) is 0.468. The first-order chi connectivity index (χ1) is 22.2. The van der Waals surface area contributed by atoms with Crippen molar-refractivity contribution in [3.05, 3.63) is 130 Å². The van der Waals surface area contributed by atoms with Crippen molar-refractivity contribution in [1.82, 2.24) is 4.90 Å². The van der Waals surface area contributed by atoms with Gasteiger partial charge in [0, 0.05) is 34.2 Å². The molecule has 1 fully saturated rings. The Labute approximate surface area is 289 Å². The predicted octanol–water partition coefficient (Wildman–Crippen LogP) is 8.72. The smallest absolute Gasteiger partial charge is 0.261 e. The van der Waals surface area contributed by atoms with Crippen LogP contribution in [0.2, 0.25) is 15.1 Å². The van der Waals surface area contributed by atoms with Crippen molar-refractivity contribution in [2.24, 2.45) is 0 Å². The molecule has 4 aromatic rings. The fraction of sp³-hybridized carbons (Fsp3) is 0.342. The Hall–Kier alpha value is -2.58. The van der Waals surface area contributed by atoms with E-state index in [4.69, 9.17) is 32.4 Å². The molecule has 4 nitrogen and oxygen atoms in total. The number of halogens is 2. The average molecular weight is 693 g/mol. The Morgan fingerprint density at radius 2 is 1.50 bits per heavy atom. The maximum absolute atomic E-state index is 13.7. The molecule has 0 aliphatic carbocycles. The lowest BCUT2D eigenvalue weighted by molar-refractivity contribution is -0.162. The molecule has 0 N–H and O–H groups in total. The lowest BCUT2D eigenvalue weighted by Gasteiger charge is -2.45. The Balaban J connectivity index is 1.36. The maximum Gasteiger partial charge on any atom is 0.261 e. The van der Waals surface area contributed by atoms with Gasteiger partial charge in [0.2, 0.25) is 5.91 Å². The zero-order valence-corrected chi connectivity index (χ0v) is 30.3. The first-order valence-corrected chi connectivity index (χ1v) is 19.7. The molecule has 8 heteroatoms. The fourth-order valence-corrected chi connectivity index (χ4v) is 12.7. The fourth-order valence-electron chi connectivity index (χ4n) is 6.65. The molecule has 0 bridgehead atoms. The number of amides is 1. The molecule has 0 aromatic heterocycles. The van der Waals surface area contributed by atoms with Crippen LogP contribution in [0.25, 0.3) is 0 Å².